The Morgan fingerprint density at radius 1 is 1.38 bits per heavy atom. The third-order valence-corrected chi connectivity index (χ3v) is 4.56. The highest BCUT2D eigenvalue weighted by Crippen LogP contribution is 2.35. The largest absolute Gasteiger partial charge is 0.390 e. The molecule has 1 unspecified atom stereocenters. The van der Waals surface area contributed by atoms with Crippen molar-refractivity contribution in [2.24, 2.45) is 0 Å². The maximum atomic E-state index is 10.1. The first kappa shape index (κ1) is 12.3. The van der Waals surface area contributed by atoms with Crippen LogP contribution in [0, 0.1) is 0 Å². The Hall–Kier alpha value is -0.120. The fraction of sp³-hybridized carbons (Fsp3) is 1.00. The van der Waals surface area contributed by atoms with Crippen LogP contribution in [0.15, 0.2) is 0 Å². The van der Waals surface area contributed by atoms with Gasteiger partial charge in [0.05, 0.1) is 17.8 Å². The van der Waals surface area contributed by atoms with Gasteiger partial charge >= 0.3 is 0 Å². The highest BCUT2D eigenvalue weighted by molar-refractivity contribution is 4.92. The molecule has 0 aromatic rings. The summed E-state index contributed by atoms with van der Waals surface area (Å²) in [6, 6.07) is 0.435. The Morgan fingerprint density at radius 3 is 2.62 bits per heavy atom. The van der Waals surface area contributed by atoms with E-state index in [0.717, 1.165) is 39.0 Å². The minimum Gasteiger partial charge on any atom is -0.390 e. The lowest BCUT2D eigenvalue weighted by Gasteiger charge is -2.46. The number of rotatable bonds is 3. The number of hydrogen-bond acceptors (Lipinski definition) is 3. The molecule has 1 saturated carbocycles. The lowest BCUT2D eigenvalue weighted by molar-refractivity contribution is -0.129. The molecule has 1 N–H and O–H groups in total. The summed E-state index contributed by atoms with van der Waals surface area (Å²) in [5.74, 6) is 0. The third kappa shape index (κ3) is 2.41. The van der Waals surface area contributed by atoms with E-state index >= 15 is 0 Å². The molecule has 0 aromatic carbocycles. The fourth-order valence-corrected chi connectivity index (χ4v) is 2.67. The quantitative estimate of drug-likeness (QED) is 0.798. The van der Waals surface area contributed by atoms with Gasteiger partial charge in [-0.3, -0.25) is 4.90 Å². The first-order valence-electron chi connectivity index (χ1n) is 6.53. The minimum absolute atomic E-state index is 0.0551. The number of nitrogens with zero attached hydrogens (tertiary/aromatic N) is 1. The monoisotopic (exact) mass is 227 g/mol. The van der Waals surface area contributed by atoms with Crippen LogP contribution in [0.2, 0.25) is 0 Å². The molecule has 94 valence electrons. The van der Waals surface area contributed by atoms with Gasteiger partial charge in [0.1, 0.15) is 0 Å². The molecule has 1 heterocycles. The van der Waals surface area contributed by atoms with Gasteiger partial charge < -0.3 is 9.84 Å². The average Bonchev–Trinajstić information content (AvgIpc) is 2.17. The second-order valence-corrected chi connectivity index (χ2v) is 5.99. The number of hydrogen-bond donors (Lipinski definition) is 1. The van der Waals surface area contributed by atoms with Crippen LogP contribution in [0.3, 0.4) is 0 Å². The van der Waals surface area contributed by atoms with Crippen molar-refractivity contribution in [3.8, 4) is 0 Å². The van der Waals surface area contributed by atoms with Crippen molar-refractivity contribution in [2.45, 2.75) is 63.7 Å². The topological polar surface area (TPSA) is 32.7 Å². The third-order valence-electron chi connectivity index (χ3n) is 4.56. The highest BCUT2D eigenvalue weighted by atomic mass is 16.5. The van der Waals surface area contributed by atoms with Crippen LogP contribution in [0.1, 0.15) is 46.5 Å². The van der Waals surface area contributed by atoms with E-state index in [1.165, 1.54) is 6.42 Å². The van der Waals surface area contributed by atoms with Crippen LogP contribution in [0.25, 0.3) is 0 Å². The Kier molecular flexibility index (Phi) is 3.30. The van der Waals surface area contributed by atoms with E-state index in [0.29, 0.717) is 6.04 Å². The second-order valence-electron chi connectivity index (χ2n) is 5.99. The van der Waals surface area contributed by atoms with Crippen molar-refractivity contribution in [1.82, 2.24) is 4.90 Å². The van der Waals surface area contributed by atoms with E-state index < -0.39 is 0 Å². The average molecular weight is 227 g/mol. The summed E-state index contributed by atoms with van der Waals surface area (Å²) >= 11 is 0. The molecule has 0 radical (unpaired) electrons. The Labute approximate surface area is 98.8 Å². The predicted molar refractivity (Wildman–Crippen MR) is 64.5 cm³/mol. The van der Waals surface area contributed by atoms with E-state index in [1.807, 2.05) is 0 Å². The summed E-state index contributed by atoms with van der Waals surface area (Å²) in [5.41, 5.74) is -0.400. The van der Waals surface area contributed by atoms with Gasteiger partial charge in [-0.05, 0) is 46.5 Å². The molecule has 0 aromatic heterocycles. The van der Waals surface area contributed by atoms with E-state index in [9.17, 15) is 5.11 Å². The van der Waals surface area contributed by atoms with Gasteiger partial charge in [0.15, 0.2) is 0 Å². The van der Waals surface area contributed by atoms with Crippen molar-refractivity contribution < 1.29 is 9.84 Å². The van der Waals surface area contributed by atoms with E-state index in [1.54, 1.807) is 0 Å². The maximum absolute atomic E-state index is 10.1. The zero-order valence-corrected chi connectivity index (χ0v) is 10.8. The van der Waals surface area contributed by atoms with Gasteiger partial charge in [-0.1, -0.05) is 0 Å². The second kappa shape index (κ2) is 4.28. The minimum atomic E-state index is -0.345. The molecule has 1 aliphatic heterocycles. The lowest BCUT2D eigenvalue weighted by Crippen LogP contribution is -2.56. The molecule has 1 aliphatic carbocycles. The number of morpholine rings is 1. The highest BCUT2D eigenvalue weighted by Gasteiger charge is 2.38. The van der Waals surface area contributed by atoms with Gasteiger partial charge in [-0.2, -0.15) is 0 Å². The summed E-state index contributed by atoms with van der Waals surface area (Å²) in [6.07, 6.45) is 4.11. The fourth-order valence-electron chi connectivity index (χ4n) is 2.67. The van der Waals surface area contributed by atoms with Crippen molar-refractivity contribution in [2.75, 3.05) is 19.7 Å². The molecule has 1 saturated heterocycles. The first-order chi connectivity index (χ1) is 7.43. The van der Waals surface area contributed by atoms with Crippen LogP contribution in [0.5, 0.6) is 0 Å². The van der Waals surface area contributed by atoms with E-state index in [2.05, 4.69) is 25.7 Å². The Balaban J connectivity index is 1.84. The van der Waals surface area contributed by atoms with E-state index in [4.69, 9.17) is 4.74 Å². The van der Waals surface area contributed by atoms with Crippen LogP contribution >= 0.6 is 0 Å². The summed E-state index contributed by atoms with van der Waals surface area (Å²) in [4.78, 5) is 2.46. The molecule has 2 rings (SSSR count). The Bertz CT molecular complexity index is 248. The first-order valence-corrected chi connectivity index (χ1v) is 6.53. The molecule has 0 bridgehead atoms. The molecule has 3 nitrogen and oxygen atoms in total. The zero-order chi connectivity index (χ0) is 11.8. The van der Waals surface area contributed by atoms with Gasteiger partial charge in [-0.15, -0.1) is 0 Å². The number of aliphatic hydroxyl groups is 1. The zero-order valence-electron chi connectivity index (χ0n) is 10.8. The summed E-state index contributed by atoms with van der Waals surface area (Å²) < 4.78 is 5.78. The van der Waals surface area contributed by atoms with E-state index in [-0.39, 0.29) is 11.2 Å². The van der Waals surface area contributed by atoms with Gasteiger partial charge in [0.2, 0.25) is 0 Å². The maximum Gasteiger partial charge on any atom is 0.0778 e. The van der Waals surface area contributed by atoms with Crippen LogP contribution in [-0.4, -0.2) is 46.9 Å². The lowest BCUT2D eigenvalue weighted by atomic mass is 9.77. The smallest absolute Gasteiger partial charge is 0.0778 e. The SMILES string of the molecule is CC1N(CCC2(O)CCC2)CCOC1(C)C. The molecular weight excluding hydrogens is 202 g/mol. The van der Waals surface area contributed by atoms with Crippen LogP contribution in [-0.2, 0) is 4.74 Å². The summed E-state index contributed by atoms with van der Waals surface area (Å²) in [5, 5.41) is 10.1. The molecule has 1 atom stereocenters. The van der Waals surface area contributed by atoms with Crippen molar-refractivity contribution in [1.29, 1.82) is 0 Å². The van der Waals surface area contributed by atoms with Crippen LogP contribution in [0.4, 0.5) is 0 Å². The van der Waals surface area contributed by atoms with Crippen LogP contribution < -0.4 is 0 Å². The van der Waals surface area contributed by atoms with Gasteiger partial charge in [0, 0.05) is 19.1 Å². The van der Waals surface area contributed by atoms with Crippen molar-refractivity contribution in [3.63, 3.8) is 0 Å². The molecule has 0 amide bonds. The normalized spacial score (nSPS) is 33.4. The standard InChI is InChI=1S/C13H25NO2/c1-11-12(2,3)16-10-9-14(11)8-7-13(15)5-4-6-13/h11,15H,4-10H2,1-3H3. The Morgan fingerprint density at radius 2 is 2.06 bits per heavy atom. The molecule has 16 heavy (non-hydrogen) atoms. The molecule has 2 aliphatic rings. The van der Waals surface area contributed by atoms with Crippen molar-refractivity contribution in [3.05, 3.63) is 0 Å². The predicted octanol–water partition coefficient (Wildman–Crippen LogP) is 1.79. The van der Waals surface area contributed by atoms with Crippen molar-refractivity contribution >= 4 is 0 Å². The van der Waals surface area contributed by atoms with Gasteiger partial charge in [0.25, 0.3) is 0 Å². The number of ether oxygens (including phenoxy) is 1. The molecule has 0 spiro atoms. The summed E-state index contributed by atoms with van der Waals surface area (Å²) in [7, 11) is 0. The molecule has 3 heteroatoms. The molecule has 2 fully saturated rings. The molecular formula is C13H25NO2. The van der Waals surface area contributed by atoms with Gasteiger partial charge in [-0.25, -0.2) is 0 Å². The summed E-state index contributed by atoms with van der Waals surface area (Å²) in [6.45, 7) is 9.36.